The Morgan fingerprint density at radius 2 is 1.88 bits per heavy atom. The molecule has 0 aliphatic rings. The number of hydrogen-bond donors (Lipinski definition) is 2. The van der Waals surface area contributed by atoms with Crippen molar-refractivity contribution in [2.75, 3.05) is 6.54 Å². The zero-order valence-electron chi connectivity index (χ0n) is 14.3. The summed E-state index contributed by atoms with van der Waals surface area (Å²) in [6.07, 6.45) is 2.11. The second kappa shape index (κ2) is 10.4. The highest BCUT2D eigenvalue weighted by molar-refractivity contribution is 5.84. The van der Waals surface area contributed by atoms with Gasteiger partial charge in [-0.1, -0.05) is 50.1 Å². The number of amides is 2. The van der Waals surface area contributed by atoms with Gasteiger partial charge < -0.3 is 15.3 Å². The number of benzene rings is 1. The summed E-state index contributed by atoms with van der Waals surface area (Å²) in [6.45, 7) is 4.12. The van der Waals surface area contributed by atoms with Crippen molar-refractivity contribution in [3.05, 3.63) is 35.9 Å². The average molecular weight is 334 g/mol. The molecule has 0 unspecified atom stereocenters. The van der Waals surface area contributed by atoms with Crippen LogP contribution in [0.4, 0.5) is 0 Å². The Morgan fingerprint density at radius 1 is 1.21 bits per heavy atom. The lowest BCUT2D eigenvalue weighted by Crippen LogP contribution is -2.42. The molecule has 132 valence electrons. The summed E-state index contributed by atoms with van der Waals surface area (Å²) < 4.78 is 0. The maximum atomic E-state index is 12.0. The number of carbonyl (C=O) groups excluding carboxylic acids is 2. The standard InChI is InChI=1S/C18H26N2O4/c1-3-4-10-16(18(23)24)19-17(22)11-12-20(14(2)21)13-15-8-6-5-7-9-15/h5-9,16H,3-4,10-13H2,1-2H3,(H,19,22)(H,23,24)/t16-/m0/s1. The number of unbranched alkanes of at least 4 members (excludes halogenated alkanes) is 1. The van der Waals surface area contributed by atoms with Crippen LogP contribution >= 0.6 is 0 Å². The number of carbonyl (C=O) groups is 3. The van der Waals surface area contributed by atoms with Gasteiger partial charge in [0.15, 0.2) is 0 Å². The zero-order valence-corrected chi connectivity index (χ0v) is 14.3. The molecule has 6 heteroatoms. The number of rotatable bonds is 10. The molecule has 1 aromatic rings. The summed E-state index contributed by atoms with van der Waals surface area (Å²) in [4.78, 5) is 36.5. The Morgan fingerprint density at radius 3 is 2.42 bits per heavy atom. The van der Waals surface area contributed by atoms with Crippen molar-refractivity contribution in [1.82, 2.24) is 10.2 Å². The highest BCUT2D eigenvalue weighted by Gasteiger charge is 2.20. The Bertz CT molecular complexity index is 545. The van der Waals surface area contributed by atoms with Crippen LogP contribution in [0.5, 0.6) is 0 Å². The van der Waals surface area contributed by atoms with E-state index in [0.29, 0.717) is 13.0 Å². The van der Waals surface area contributed by atoms with Crippen molar-refractivity contribution in [3.8, 4) is 0 Å². The first-order valence-corrected chi connectivity index (χ1v) is 8.25. The number of hydrogen-bond acceptors (Lipinski definition) is 3. The van der Waals surface area contributed by atoms with Crippen LogP contribution in [0.3, 0.4) is 0 Å². The maximum Gasteiger partial charge on any atom is 0.326 e. The van der Waals surface area contributed by atoms with Crippen LogP contribution in [-0.4, -0.2) is 40.4 Å². The van der Waals surface area contributed by atoms with Gasteiger partial charge in [0.2, 0.25) is 11.8 Å². The molecule has 0 spiro atoms. The van der Waals surface area contributed by atoms with Gasteiger partial charge in [0.1, 0.15) is 6.04 Å². The first-order chi connectivity index (χ1) is 11.4. The van der Waals surface area contributed by atoms with Gasteiger partial charge in [0.05, 0.1) is 0 Å². The lowest BCUT2D eigenvalue weighted by Gasteiger charge is -2.21. The first kappa shape index (κ1) is 19.7. The Hall–Kier alpha value is -2.37. The molecule has 24 heavy (non-hydrogen) atoms. The van der Waals surface area contributed by atoms with E-state index < -0.39 is 12.0 Å². The highest BCUT2D eigenvalue weighted by atomic mass is 16.4. The van der Waals surface area contributed by atoms with E-state index in [1.165, 1.54) is 6.92 Å². The summed E-state index contributed by atoms with van der Waals surface area (Å²) in [6, 6.07) is 8.66. The summed E-state index contributed by atoms with van der Waals surface area (Å²) in [5.74, 6) is -1.49. The molecule has 0 radical (unpaired) electrons. The van der Waals surface area contributed by atoms with Gasteiger partial charge >= 0.3 is 5.97 Å². The van der Waals surface area contributed by atoms with E-state index in [1.54, 1.807) is 4.90 Å². The van der Waals surface area contributed by atoms with Crippen molar-refractivity contribution in [1.29, 1.82) is 0 Å². The topological polar surface area (TPSA) is 86.7 Å². The Labute approximate surface area is 142 Å². The van der Waals surface area contributed by atoms with Gasteiger partial charge in [-0.3, -0.25) is 9.59 Å². The minimum absolute atomic E-state index is 0.0856. The fraction of sp³-hybridized carbons (Fsp3) is 0.500. The van der Waals surface area contributed by atoms with Crippen LogP contribution < -0.4 is 5.32 Å². The predicted molar refractivity (Wildman–Crippen MR) is 91.2 cm³/mol. The largest absolute Gasteiger partial charge is 0.480 e. The molecule has 1 atom stereocenters. The van der Waals surface area contributed by atoms with Crippen LogP contribution in [0.15, 0.2) is 30.3 Å². The van der Waals surface area contributed by atoms with E-state index in [1.807, 2.05) is 37.3 Å². The molecule has 0 saturated heterocycles. The molecule has 1 rings (SSSR count). The SMILES string of the molecule is CCCC[C@H](NC(=O)CCN(Cc1ccccc1)C(C)=O)C(=O)O. The highest BCUT2D eigenvalue weighted by Crippen LogP contribution is 2.06. The smallest absolute Gasteiger partial charge is 0.326 e. The lowest BCUT2D eigenvalue weighted by molar-refractivity contribution is -0.142. The second-order valence-electron chi connectivity index (χ2n) is 5.78. The maximum absolute atomic E-state index is 12.0. The average Bonchev–Trinajstić information content (AvgIpc) is 2.55. The van der Waals surface area contributed by atoms with Crippen LogP contribution in [0.1, 0.15) is 45.1 Å². The summed E-state index contributed by atoms with van der Waals surface area (Å²) >= 11 is 0. The fourth-order valence-corrected chi connectivity index (χ4v) is 2.32. The van der Waals surface area contributed by atoms with Crippen molar-refractivity contribution in [2.24, 2.45) is 0 Å². The lowest BCUT2D eigenvalue weighted by atomic mass is 10.1. The Kier molecular flexibility index (Phi) is 8.54. The molecule has 0 aliphatic heterocycles. The number of carboxylic acid groups (broad SMARTS) is 1. The molecule has 6 nitrogen and oxygen atoms in total. The molecule has 0 heterocycles. The third-order valence-corrected chi connectivity index (χ3v) is 3.75. The molecule has 1 aromatic carbocycles. The van der Waals surface area contributed by atoms with Gasteiger partial charge in [0.25, 0.3) is 0 Å². The molecule has 0 fully saturated rings. The number of nitrogens with one attached hydrogen (secondary N) is 1. The monoisotopic (exact) mass is 334 g/mol. The normalized spacial score (nSPS) is 11.6. The summed E-state index contributed by atoms with van der Waals surface area (Å²) in [5, 5.41) is 11.7. The van der Waals surface area contributed by atoms with Gasteiger partial charge in [0, 0.05) is 26.4 Å². The zero-order chi connectivity index (χ0) is 17.9. The number of nitrogens with zero attached hydrogens (tertiary/aromatic N) is 1. The second-order valence-corrected chi connectivity index (χ2v) is 5.78. The van der Waals surface area contributed by atoms with Gasteiger partial charge in [-0.05, 0) is 12.0 Å². The molecule has 0 aromatic heterocycles. The van der Waals surface area contributed by atoms with Crippen LogP contribution in [0.2, 0.25) is 0 Å². The quantitative estimate of drug-likeness (QED) is 0.687. The van der Waals surface area contributed by atoms with Crippen molar-refractivity contribution >= 4 is 17.8 Å². The summed E-state index contributed by atoms with van der Waals surface area (Å²) in [7, 11) is 0. The molecule has 2 N–H and O–H groups in total. The third kappa shape index (κ3) is 7.26. The molecule has 0 bridgehead atoms. The predicted octanol–water partition coefficient (Wildman–Crippen LogP) is 2.18. The van der Waals surface area contributed by atoms with E-state index in [4.69, 9.17) is 5.11 Å². The number of carboxylic acids is 1. The van der Waals surface area contributed by atoms with Crippen LogP contribution in [0, 0.1) is 0 Å². The van der Waals surface area contributed by atoms with E-state index in [-0.39, 0.29) is 24.8 Å². The Balaban J connectivity index is 2.52. The molecular weight excluding hydrogens is 308 g/mol. The molecule has 2 amide bonds. The van der Waals surface area contributed by atoms with E-state index >= 15 is 0 Å². The first-order valence-electron chi connectivity index (χ1n) is 8.25. The van der Waals surface area contributed by atoms with Crippen molar-refractivity contribution < 1.29 is 19.5 Å². The third-order valence-electron chi connectivity index (χ3n) is 3.75. The van der Waals surface area contributed by atoms with Crippen molar-refractivity contribution in [2.45, 2.75) is 52.1 Å². The van der Waals surface area contributed by atoms with E-state index in [0.717, 1.165) is 18.4 Å². The molecule has 0 saturated carbocycles. The minimum atomic E-state index is -1.02. The number of aliphatic carboxylic acids is 1. The van der Waals surface area contributed by atoms with E-state index in [9.17, 15) is 14.4 Å². The van der Waals surface area contributed by atoms with Crippen molar-refractivity contribution in [3.63, 3.8) is 0 Å². The van der Waals surface area contributed by atoms with Crippen LogP contribution in [-0.2, 0) is 20.9 Å². The van der Waals surface area contributed by atoms with E-state index in [2.05, 4.69) is 5.32 Å². The molecular formula is C18H26N2O4. The van der Waals surface area contributed by atoms with Gasteiger partial charge in [-0.15, -0.1) is 0 Å². The van der Waals surface area contributed by atoms with Gasteiger partial charge in [-0.2, -0.15) is 0 Å². The van der Waals surface area contributed by atoms with Crippen LogP contribution in [0.25, 0.3) is 0 Å². The summed E-state index contributed by atoms with van der Waals surface area (Å²) in [5.41, 5.74) is 0.986. The fourth-order valence-electron chi connectivity index (χ4n) is 2.32. The minimum Gasteiger partial charge on any atom is -0.480 e. The molecule has 0 aliphatic carbocycles. The van der Waals surface area contributed by atoms with Gasteiger partial charge in [-0.25, -0.2) is 4.79 Å².